The van der Waals surface area contributed by atoms with Crippen molar-refractivity contribution in [1.29, 1.82) is 0 Å². The van der Waals surface area contributed by atoms with Crippen molar-refractivity contribution in [3.63, 3.8) is 0 Å². The minimum atomic E-state index is -0.386. The van der Waals surface area contributed by atoms with E-state index >= 15 is 0 Å². The molecule has 0 radical (unpaired) electrons. The van der Waals surface area contributed by atoms with Gasteiger partial charge in [0.05, 0.1) is 29.5 Å². The lowest BCUT2D eigenvalue weighted by molar-refractivity contribution is 0.145. The molecule has 3 heterocycles. The number of aromatic nitrogens is 3. The molecule has 0 saturated carbocycles. The number of likely N-dealkylation sites (N-methyl/N-ethyl adjacent to an activating group) is 1. The fourth-order valence-electron chi connectivity index (χ4n) is 5.64. The van der Waals surface area contributed by atoms with Crippen molar-refractivity contribution in [2.24, 2.45) is 0 Å². The molecule has 2 amide bonds. The first-order chi connectivity index (χ1) is 23.1. The Balaban J connectivity index is 1.13. The molecule has 1 aliphatic rings. The van der Waals surface area contributed by atoms with Crippen molar-refractivity contribution in [2.45, 2.75) is 32.6 Å². The first-order valence-electron chi connectivity index (χ1n) is 16.0. The van der Waals surface area contributed by atoms with Gasteiger partial charge in [-0.05, 0) is 61.3 Å². The van der Waals surface area contributed by atoms with Gasteiger partial charge in [-0.3, -0.25) is 0 Å². The summed E-state index contributed by atoms with van der Waals surface area (Å²) in [7, 11) is 3.79. The van der Waals surface area contributed by atoms with Gasteiger partial charge in [-0.1, -0.05) is 32.1 Å². The monoisotopic (exact) mass is 670 g/mol. The van der Waals surface area contributed by atoms with E-state index in [0.29, 0.717) is 40.4 Å². The van der Waals surface area contributed by atoms with E-state index < -0.39 is 0 Å². The second kappa shape index (κ2) is 14.2. The summed E-state index contributed by atoms with van der Waals surface area (Å²) in [6, 6.07) is 14.0. The van der Waals surface area contributed by atoms with Gasteiger partial charge in [-0.25, -0.2) is 19.7 Å². The Morgan fingerprint density at radius 1 is 0.958 bits per heavy atom. The minimum absolute atomic E-state index is 0.198. The van der Waals surface area contributed by atoms with Crippen LogP contribution in [0.15, 0.2) is 54.9 Å². The van der Waals surface area contributed by atoms with Crippen LogP contribution in [0.2, 0.25) is 0 Å². The number of urea groups is 1. The zero-order chi connectivity index (χ0) is 33.8. The Kier molecular flexibility index (Phi) is 9.81. The number of hydrogen-bond donors (Lipinski definition) is 4. The number of methoxy groups -OCH3 is 1. The third-order valence-corrected chi connectivity index (χ3v) is 9.26. The van der Waals surface area contributed by atoms with Gasteiger partial charge >= 0.3 is 6.03 Å². The predicted octanol–water partition coefficient (Wildman–Crippen LogP) is 6.66. The van der Waals surface area contributed by atoms with Crippen LogP contribution in [-0.2, 0) is 5.41 Å². The van der Waals surface area contributed by atoms with E-state index in [4.69, 9.17) is 14.5 Å². The normalized spacial score (nSPS) is 14.3. The van der Waals surface area contributed by atoms with Crippen molar-refractivity contribution >= 4 is 60.8 Å². The number of thiazole rings is 1. The first kappa shape index (κ1) is 33.2. The number of nitrogens with one attached hydrogen (secondary N) is 3. The summed E-state index contributed by atoms with van der Waals surface area (Å²) in [5.41, 5.74) is 3.20. The van der Waals surface area contributed by atoms with Crippen molar-refractivity contribution < 1.29 is 19.4 Å². The smallest absolute Gasteiger partial charge is 0.323 e. The Morgan fingerprint density at radius 3 is 2.46 bits per heavy atom. The number of hydrogen-bond acceptors (Lipinski definition) is 11. The quantitative estimate of drug-likeness (QED) is 0.0944. The Morgan fingerprint density at radius 2 is 1.71 bits per heavy atom. The fourth-order valence-corrected chi connectivity index (χ4v) is 6.55. The van der Waals surface area contributed by atoms with Gasteiger partial charge < -0.3 is 40.3 Å². The van der Waals surface area contributed by atoms with Gasteiger partial charge in [0, 0.05) is 61.1 Å². The zero-order valence-corrected chi connectivity index (χ0v) is 28.8. The van der Waals surface area contributed by atoms with E-state index in [9.17, 15) is 9.90 Å². The number of ether oxygens (including phenoxy) is 2. The molecule has 1 fully saturated rings. The van der Waals surface area contributed by atoms with Crippen LogP contribution in [0.4, 0.5) is 27.1 Å². The molecule has 48 heavy (non-hydrogen) atoms. The van der Waals surface area contributed by atoms with E-state index in [1.165, 1.54) is 17.7 Å². The third-order valence-electron chi connectivity index (χ3n) is 8.33. The molecule has 0 bridgehead atoms. The predicted molar refractivity (Wildman–Crippen MR) is 192 cm³/mol. The van der Waals surface area contributed by atoms with Crippen LogP contribution in [0.5, 0.6) is 17.2 Å². The highest BCUT2D eigenvalue weighted by Gasteiger charge is 2.19. The topological polar surface area (TPSA) is 137 Å². The molecular formula is C35H42N8O4S. The van der Waals surface area contributed by atoms with Crippen molar-refractivity contribution in [2.75, 3.05) is 69.4 Å². The second-order valence-electron chi connectivity index (χ2n) is 13.0. The zero-order valence-electron chi connectivity index (χ0n) is 28.0. The molecule has 1 aliphatic heterocycles. The summed E-state index contributed by atoms with van der Waals surface area (Å²) >= 11 is 1.45. The van der Waals surface area contributed by atoms with Gasteiger partial charge in [0.1, 0.15) is 17.9 Å². The number of anilines is 4. The fraction of sp³-hybridized carbons (Fsp3) is 0.371. The SMILES string of the molecule is COc1cc2ncnc(Nc3nc4ccc(NC(=O)Nc5ccc(O)c(C(C)(C)C)c5)cc4s3)c2cc1OCCCN1CCN(C)CC1. The number of phenolic OH excluding ortho intramolecular Hbond substituents is 1. The number of carbonyl (C=O) groups excluding carboxylic acids is 1. The molecule has 6 rings (SSSR count). The molecule has 3 aromatic carbocycles. The minimum Gasteiger partial charge on any atom is -0.508 e. The summed E-state index contributed by atoms with van der Waals surface area (Å²) in [4.78, 5) is 31.4. The average molecular weight is 671 g/mol. The van der Waals surface area contributed by atoms with Gasteiger partial charge in [0.15, 0.2) is 16.6 Å². The molecular weight excluding hydrogens is 629 g/mol. The van der Waals surface area contributed by atoms with Crippen molar-refractivity contribution in [3.8, 4) is 17.2 Å². The summed E-state index contributed by atoms with van der Waals surface area (Å²) in [5, 5.41) is 20.8. The maximum absolute atomic E-state index is 12.8. The van der Waals surface area contributed by atoms with Crippen LogP contribution in [0.1, 0.15) is 32.8 Å². The lowest BCUT2D eigenvalue weighted by Crippen LogP contribution is -2.44. The number of fused-ring (bicyclic) bond motifs is 2. The van der Waals surface area contributed by atoms with Crippen LogP contribution in [0, 0.1) is 0 Å². The molecule has 0 spiro atoms. The van der Waals surface area contributed by atoms with E-state index in [-0.39, 0.29) is 17.2 Å². The largest absolute Gasteiger partial charge is 0.508 e. The number of phenols is 1. The lowest BCUT2D eigenvalue weighted by Gasteiger charge is -2.32. The highest BCUT2D eigenvalue weighted by Crippen LogP contribution is 2.37. The van der Waals surface area contributed by atoms with E-state index in [2.05, 4.69) is 42.8 Å². The van der Waals surface area contributed by atoms with Gasteiger partial charge in [0.2, 0.25) is 0 Å². The van der Waals surface area contributed by atoms with Gasteiger partial charge in [-0.2, -0.15) is 0 Å². The number of carbonyl (C=O) groups is 1. The molecule has 0 aliphatic carbocycles. The summed E-state index contributed by atoms with van der Waals surface area (Å²) in [5.74, 6) is 2.06. The molecule has 4 N–H and O–H groups in total. The Bertz CT molecular complexity index is 1920. The summed E-state index contributed by atoms with van der Waals surface area (Å²) in [6.45, 7) is 12.0. The number of piperazine rings is 1. The molecule has 0 unspecified atom stereocenters. The number of amides is 2. The second-order valence-corrected chi connectivity index (χ2v) is 14.0. The number of benzene rings is 3. The molecule has 0 atom stereocenters. The first-order valence-corrected chi connectivity index (χ1v) is 16.8. The lowest BCUT2D eigenvalue weighted by atomic mass is 9.86. The number of nitrogens with zero attached hydrogens (tertiary/aromatic N) is 5. The molecule has 1 saturated heterocycles. The van der Waals surface area contributed by atoms with E-state index in [1.54, 1.807) is 25.3 Å². The summed E-state index contributed by atoms with van der Waals surface area (Å²) in [6.07, 6.45) is 2.42. The Labute approximate surface area is 284 Å². The van der Waals surface area contributed by atoms with Crippen LogP contribution in [0.3, 0.4) is 0 Å². The van der Waals surface area contributed by atoms with Gasteiger partial charge in [0.25, 0.3) is 0 Å². The van der Waals surface area contributed by atoms with E-state index in [0.717, 1.165) is 65.8 Å². The summed E-state index contributed by atoms with van der Waals surface area (Å²) < 4.78 is 12.7. The maximum Gasteiger partial charge on any atom is 0.323 e. The van der Waals surface area contributed by atoms with Crippen molar-refractivity contribution in [3.05, 3.63) is 60.4 Å². The third kappa shape index (κ3) is 7.87. The highest BCUT2D eigenvalue weighted by atomic mass is 32.1. The molecule has 12 nitrogen and oxygen atoms in total. The Hall–Kier alpha value is -4.72. The van der Waals surface area contributed by atoms with Crippen LogP contribution >= 0.6 is 11.3 Å². The van der Waals surface area contributed by atoms with Gasteiger partial charge in [-0.15, -0.1) is 0 Å². The van der Waals surface area contributed by atoms with Crippen LogP contribution in [0.25, 0.3) is 21.1 Å². The number of rotatable bonds is 10. The van der Waals surface area contributed by atoms with Crippen LogP contribution in [-0.4, -0.2) is 89.4 Å². The standard InChI is InChI=1S/C35H42N8O4S/c1-35(2,3)25-17-22(8-10-28(25)44)38-33(45)39-23-7-9-26-31(18-23)48-34(40-26)41-32-24-19-30(29(46-5)20-27(24)36-21-37-32)47-16-6-11-43-14-12-42(4)13-15-43/h7-10,17-21,44H,6,11-16H2,1-5H3,(H2,38,39,45)(H,36,37,40,41). The highest BCUT2D eigenvalue weighted by molar-refractivity contribution is 7.22. The molecule has 5 aromatic rings. The molecule has 252 valence electrons. The maximum atomic E-state index is 12.8. The van der Waals surface area contributed by atoms with E-state index in [1.807, 2.05) is 51.1 Å². The number of aromatic hydroxyl groups is 1. The van der Waals surface area contributed by atoms with Crippen molar-refractivity contribution in [1.82, 2.24) is 24.8 Å². The molecule has 13 heteroatoms. The average Bonchev–Trinajstić information content (AvgIpc) is 3.45. The van der Waals surface area contributed by atoms with Crippen LogP contribution < -0.4 is 25.4 Å². The molecule has 2 aromatic heterocycles.